The number of carbonyl (C=O) groups is 2. The summed E-state index contributed by atoms with van der Waals surface area (Å²) in [5, 5.41) is 5.22. The van der Waals surface area contributed by atoms with Crippen molar-refractivity contribution in [2.24, 2.45) is 0 Å². The van der Waals surface area contributed by atoms with Crippen LogP contribution in [0.25, 0.3) is 0 Å². The molecular weight excluding hydrogens is 478 g/mol. The maximum atomic E-state index is 13.9. The van der Waals surface area contributed by atoms with Gasteiger partial charge in [0.05, 0.1) is 25.9 Å². The Morgan fingerprint density at radius 3 is 2.61 bits per heavy atom. The van der Waals surface area contributed by atoms with Crippen LogP contribution >= 0.6 is 11.3 Å². The summed E-state index contributed by atoms with van der Waals surface area (Å²) in [5.41, 5.74) is 0. The van der Waals surface area contributed by atoms with Crippen LogP contribution in [0.5, 0.6) is 0 Å². The lowest BCUT2D eigenvalue weighted by molar-refractivity contribution is -0.127. The predicted molar refractivity (Wildman–Crippen MR) is 137 cm³/mol. The maximum Gasteiger partial charge on any atom is 0.290 e. The second kappa shape index (κ2) is 12.4. The number of hydrogen-bond acceptors (Lipinski definition) is 7. The lowest BCUT2D eigenvalue weighted by atomic mass is 9.95. The van der Waals surface area contributed by atoms with E-state index >= 15 is 0 Å². The second-order valence-corrected chi connectivity index (χ2v) is 11.0. The summed E-state index contributed by atoms with van der Waals surface area (Å²) >= 11 is 1.50. The van der Waals surface area contributed by atoms with Gasteiger partial charge < -0.3 is 24.1 Å². The normalized spacial score (nSPS) is 22.4. The van der Waals surface area contributed by atoms with Gasteiger partial charge in [-0.2, -0.15) is 0 Å². The average Bonchev–Trinajstić information content (AvgIpc) is 3.68. The zero-order chi connectivity index (χ0) is 24.7. The van der Waals surface area contributed by atoms with Crippen LogP contribution in [0.4, 0.5) is 0 Å². The standard InChI is InChI=1S/C27H37N3O5S/c31-26(28-20-6-2-1-3-7-20)25(24-9-5-17-36-24)30(19-21-8-4-14-34-21)27(32)23-11-10-22(35-23)18-29-12-15-33-16-13-29/h5,9-11,17,20-21,25H,1-4,6-8,12-16,18-19H2,(H,28,31). The van der Waals surface area contributed by atoms with E-state index in [9.17, 15) is 9.59 Å². The predicted octanol–water partition coefficient (Wildman–Crippen LogP) is 3.98. The van der Waals surface area contributed by atoms with Gasteiger partial charge in [0.15, 0.2) is 5.76 Å². The molecule has 1 saturated carbocycles. The highest BCUT2D eigenvalue weighted by Crippen LogP contribution is 2.30. The molecule has 3 aliphatic rings. The summed E-state index contributed by atoms with van der Waals surface area (Å²) in [6.07, 6.45) is 7.23. The molecule has 4 heterocycles. The summed E-state index contributed by atoms with van der Waals surface area (Å²) in [5.74, 6) is 0.631. The monoisotopic (exact) mass is 515 g/mol. The number of rotatable bonds is 9. The van der Waals surface area contributed by atoms with Gasteiger partial charge in [0.1, 0.15) is 11.8 Å². The molecule has 0 spiro atoms. The summed E-state index contributed by atoms with van der Waals surface area (Å²) in [6.45, 7) is 4.79. The minimum Gasteiger partial charge on any atom is -0.455 e. The fourth-order valence-corrected chi connectivity index (χ4v) is 6.25. The van der Waals surface area contributed by atoms with Crippen LogP contribution < -0.4 is 5.32 Å². The molecule has 2 amide bonds. The number of ether oxygens (including phenoxy) is 2. The first kappa shape index (κ1) is 25.4. The van der Waals surface area contributed by atoms with Crippen LogP contribution in [-0.4, -0.2) is 73.2 Å². The molecule has 3 fully saturated rings. The van der Waals surface area contributed by atoms with Gasteiger partial charge in [-0.05, 0) is 49.3 Å². The molecule has 1 aliphatic carbocycles. The third kappa shape index (κ3) is 6.37. The Balaban J connectivity index is 1.38. The highest BCUT2D eigenvalue weighted by Gasteiger charge is 2.37. The largest absolute Gasteiger partial charge is 0.455 e. The first-order valence-corrected chi connectivity index (χ1v) is 14.2. The van der Waals surface area contributed by atoms with Gasteiger partial charge >= 0.3 is 0 Å². The van der Waals surface area contributed by atoms with Crippen LogP contribution in [0.2, 0.25) is 0 Å². The smallest absolute Gasteiger partial charge is 0.290 e. The van der Waals surface area contributed by atoms with E-state index < -0.39 is 6.04 Å². The van der Waals surface area contributed by atoms with E-state index in [4.69, 9.17) is 13.9 Å². The molecule has 9 heteroatoms. The van der Waals surface area contributed by atoms with Crippen molar-refractivity contribution in [2.75, 3.05) is 39.5 Å². The number of morpholine rings is 1. The first-order valence-electron chi connectivity index (χ1n) is 13.3. The Kier molecular flexibility index (Phi) is 8.74. The molecule has 1 N–H and O–H groups in total. The molecule has 2 saturated heterocycles. The zero-order valence-corrected chi connectivity index (χ0v) is 21.7. The third-order valence-corrected chi connectivity index (χ3v) is 8.29. The van der Waals surface area contributed by atoms with Gasteiger partial charge in [-0.1, -0.05) is 25.3 Å². The van der Waals surface area contributed by atoms with E-state index in [-0.39, 0.29) is 29.7 Å². The maximum absolute atomic E-state index is 13.9. The van der Waals surface area contributed by atoms with Gasteiger partial charge in [-0.15, -0.1) is 11.3 Å². The molecule has 0 radical (unpaired) electrons. The number of thiophene rings is 1. The molecule has 2 aromatic heterocycles. The van der Waals surface area contributed by atoms with Crippen LogP contribution in [0.1, 0.15) is 72.2 Å². The quantitative estimate of drug-likeness (QED) is 0.544. The molecule has 0 bridgehead atoms. The fourth-order valence-electron chi connectivity index (χ4n) is 5.41. The molecule has 8 nitrogen and oxygen atoms in total. The summed E-state index contributed by atoms with van der Waals surface area (Å²) < 4.78 is 17.4. The SMILES string of the molecule is O=C(NC1CCCCC1)C(c1cccs1)N(CC1CCCO1)C(=O)c1ccc(CN2CCOCC2)o1. The number of hydrogen-bond donors (Lipinski definition) is 1. The number of carbonyl (C=O) groups excluding carboxylic acids is 2. The van der Waals surface area contributed by atoms with Gasteiger partial charge in [0.2, 0.25) is 5.91 Å². The van der Waals surface area contributed by atoms with E-state index in [1.165, 1.54) is 17.8 Å². The van der Waals surface area contributed by atoms with Crippen LogP contribution in [0.15, 0.2) is 34.1 Å². The molecule has 2 unspecified atom stereocenters. The Bertz CT molecular complexity index is 975. The molecule has 0 aromatic carbocycles. The molecule has 36 heavy (non-hydrogen) atoms. The Hall–Kier alpha value is -2.20. The lowest BCUT2D eigenvalue weighted by Gasteiger charge is -2.33. The van der Waals surface area contributed by atoms with Crippen molar-refractivity contribution in [1.29, 1.82) is 0 Å². The summed E-state index contributed by atoms with van der Waals surface area (Å²) in [6, 6.07) is 6.94. The molecule has 5 rings (SSSR count). The van der Waals surface area contributed by atoms with Gasteiger partial charge in [-0.3, -0.25) is 14.5 Å². The van der Waals surface area contributed by atoms with Crippen molar-refractivity contribution in [2.45, 2.75) is 69.7 Å². The first-order chi connectivity index (χ1) is 17.7. The van der Waals surface area contributed by atoms with E-state index in [0.29, 0.717) is 32.9 Å². The molecular formula is C27H37N3O5S. The fraction of sp³-hybridized carbons (Fsp3) is 0.630. The van der Waals surface area contributed by atoms with E-state index in [0.717, 1.165) is 62.3 Å². The number of amides is 2. The van der Waals surface area contributed by atoms with Crippen LogP contribution in [0, 0.1) is 0 Å². The summed E-state index contributed by atoms with van der Waals surface area (Å²) in [7, 11) is 0. The highest BCUT2D eigenvalue weighted by molar-refractivity contribution is 7.10. The number of nitrogens with one attached hydrogen (secondary N) is 1. The average molecular weight is 516 g/mol. The van der Waals surface area contributed by atoms with Crippen molar-refractivity contribution in [1.82, 2.24) is 15.1 Å². The third-order valence-electron chi connectivity index (χ3n) is 7.37. The lowest BCUT2D eigenvalue weighted by Crippen LogP contribution is -2.48. The van der Waals surface area contributed by atoms with E-state index in [1.807, 2.05) is 23.6 Å². The van der Waals surface area contributed by atoms with Crippen molar-refractivity contribution in [3.8, 4) is 0 Å². The minimum absolute atomic E-state index is 0.0818. The minimum atomic E-state index is -0.712. The zero-order valence-electron chi connectivity index (χ0n) is 20.9. The van der Waals surface area contributed by atoms with Crippen molar-refractivity contribution in [3.63, 3.8) is 0 Å². The molecule has 2 aliphatic heterocycles. The van der Waals surface area contributed by atoms with Crippen LogP contribution in [-0.2, 0) is 20.8 Å². The highest BCUT2D eigenvalue weighted by atomic mass is 32.1. The molecule has 2 atom stereocenters. The van der Waals surface area contributed by atoms with E-state index in [2.05, 4.69) is 10.2 Å². The van der Waals surface area contributed by atoms with Crippen LogP contribution in [0.3, 0.4) is 0 Å². The van der Waals surface area contributed by atoms with E-state index in [1.54, 1.807) is 11.0 Å². The topological polar surface area (TPSA) is 84.3 Å². The number of furan rings is 1. The van der Waals surface area contributed by atoms with Gasteiger partial charge in [0.25, 0.3) is 5.91 Å². The molecule has 2 aromatic rings. The Labute approximate surface area is 216 Å². The Morgan fingerprint density at radius 1 is 1.06 bits per heavy atom. The number of nitrogens with zero attached hydrogens (tertiary/aromatic N) is 2. The second-order valence-electron chi connectivity index (χ2n) is 10.0. The van der Waals surface area contributed by atoms with Crippen molar-refractivity contribution < 1.29 is 23.5 Å². The summed E-state index contributed by atoms with van der Waals surface area (Å²) in [4.78, 5) is 32.5. The van der Waals surface area contributed by atoms with Gasteiger partial charge in [-0.25, -0.2) is 0 Å². The Morgan fingerprint density at radius 2 is 1.89 bits per heavy atom. The van der Waals surface area contributed by atoms with Crippen molar-refractivity contribution in [3.05, 3.63) is 46.0 Å². The van der Waals surface area contributed by atoms with Gasteiger partial charge in [0, 0.05) is 37.2 Å². The molecule has 196 valence electrons. The van der Waals surface area contributed by atoms with Crippen molar-refractivity contribution >= 4 is 23.2 Å².